The normalized spacial score (nSPS) is 44.7. The molecule has 0 radical (unpaired) electrons. The van der Waals surface area contributed by atoms with E-state index in [0.29, 0.717) is 59.5 Å². The second-order valence-electron chi connectivity index (χ2n) is 16.7. The van der Waals surface area contributed by atoms with Crippen LogP contribution < -0.4 is 0 Å². The lowest BCUT2D eigenvalue weighted by Crippen LogP contribution is -2.62. The molecular weight excluding hydrogens is 536 g/mol. The number of carbonyl (C=O) groups excluding carboxylic acids is 1. The Morgan fingerprint density at radius 3 is 2.30 bits per heavy atom. The van der Waals surface area contributed by atoms with E-state index in [1.807, 2.05) is 4.90 Å². The standard InChI is InChI=1S/C37H64N2O4/c1-5-28-32-24-27(40)13-17-37(32,4)31-14-18-36(3)29(11-12-30(36)33(31)34(28)41)25(2)10-9-23-43-35(42)39-21-15-26(16-22-39)38-19-7-6-8-20-38/h25-34,40-41H,5-24H2,1-4H3/t25-,27-,28-,29-,30+,31+,32+,33?,34-,36-,37?/m1/s1. The number of piperidine rings is 2. The van der Waals surface area contributed by atoms with E-state index in [1.54, 1.807) is 0 Å². The summed E-state index contributed by atoms with van der Waals surface area (Å²) in [6.45, 7) is 14.5. The first-order valence-corrected chi connectivity index (χ1v) is 18.7. The summed E-state index contributed by atoms with van der Waals surface area (Å²) in [5, 5.41) is 22.5. The Hall–Kier alpha value is -0.850. The van der Waals surface area contributed by atoms with Crippen molar-refractivity contribution >= 4 is 6.09 Å². The number of ether oxygens (including phenoxy) is 1. The lowest BCUT2D eigenvalue weighted by molar-refractivity contribution is -0.203. The van der Waals surface area contributed by atoms with Gasteiger partial charge in [-0.05, 0) is 149 Å². The molecule has 0 aromatic carbocycles. The average molecular weight is 601 g/mol. The lowest BCUT2D eigenvalue weighted by Gasteiger charge is -2.64. The summed E-state index contributed by atoms with van der Waals surface area (Å²) in [5.41, 5.74) is 0.564. The molecule has 2 saturated heterocycles. The minimum Gasteiger partial charge on any atom is -0.449 e. The molecule has 11 atom stereocenters. The predicted molar refractivity (Wildman–Crippen MR) is 172 cm³/mol. The second-order valence-corrected chi connectivity index (χ2v) is 16.7. The van der Waals surface area contributed by atoms with Crippen LogP contribution in [0.3, 0.4) is 0 Å². The highest BCUT2D eigenvalue weighted by Crippen LogP contribution is 2.69. The SMILES string of the molecule is CC[C@H]1[C@@H](O)C2[C@H](CC[C@]3(C)[C@@H]([C@H](C)CCCOC(=O)N4CCC(N5CCCCC5)CC4)CC[C@@H]23)C2(C)CC[C@@H](O)C[C@@H]12. The molecule has 6 nitrogen and oxygen atoms in total. The second kappa shape index (κ2) is 13.1. The smallest absolute Gasteiger partial charge is 0.409 e. The van der Waals surface area contributed by atoms with Crippen LogP contribution in [0.15, 0.2) is 0 Å². The van der Waals surface area contributed by atoms with Crippen molar-refractivity contribution in [2.45, 2.75) is 142 Å². The maximum absolute atomic E-state index is 12.8. The number of carbonyl (C=O) groups is 1. The minimum absolute atomic E-state index is 0.102. The van der Waals surface area contributed by atoms with Crippen LogP contribution in [0.25, 0.3) is 0 Å². The van der Waals surface area contributed by atoms with Crippen LogP contribution in [-0.4, -0.2) is 77.1 Å². The molecule has 6 aliphatic rings. The number of nitrogens with zero attached hydrogens (tertiary/aromatic N) is 2. The van der Waals surface area contributed by atoms with Crippen molar-refractivity contribution in [3.63, 3.8) is 0 Å². The number of aliphatic hydroxyl groups is 2. The number of likely N-dealkylation sites (tertiary alicyclic amines) is 2. The molecular formula is C37H64N2O4. The van der Waals surface area contributed by atoms with Crippen molar-refractivity contribution in [3.05, 3.63) is 0 Å². The van der Waals surface area contributed by atoms with E-state index in [1.165, 1.54) is 58.0 Å². The highest BCUT2D eigenvalue weighted by atomic mass is 16.6. The highest BCUT2D eigenvalue weighted by Gasteiger charge is 2.64. The molecule has 4 aliphatic carbocycles. The number of hydrogen-bond acceptors (Lipinski definition) is 5. The Kier molecular flexibility index (Phi) is 9.78. The minimum atomic E-state index is -0.221. The molecule has 1 amide bonds. The van der Waals surface area contributed by atoms with Gasteiger partial charge in [0.15, 0.2) is 0 Å². The number of amides is 1. The van der Waals surface area contributed by atoms with Crippen LogP contribution >= 0.6 is 0 Å². The predicted octanol–water partition coefficient (Wildman–Crippen LogP) is 7.12. The van der Waals surface area contributed by atoms with E-state index >= 15 is 0 Å². The largest absolute Gasteiger partial charge is 0.449 e. The van der Waals surface area contributed by atoms with E-state index < -0.39 is 0 Å². The van der Waals surface area contributed by atoms with Crippen LogP contribution in [0.4, 0.5) is 4.79 Å². The molecule has 2 unspecified atom stereocenters. The molecule has 0 aromatic rings. The van der Waals surface area contributed by atoms with Crippen molar-refractivity contribution in [1.29, 1.82) is 0 Å². The van der Waals surface area contributed by atoms with Crippen molar-refractivity contribution < 1.29 is 19.7 Å². The van der Waals surface area contributed by atoms with Crippen LogP contribution in [0.5, 0.6) is 0 Å². The average Bonchev–Trinajstić information content (AvgIpc) is 3.38. The van der Waals surface area contributed by atoms with Gasteiger partial charge < -0.3 is 24.7 Å². The van der Waals surface area contributed by atoms with Crippen LogP contribution in [0, 0.1) is 52.3 Å². The molecule has 6 heteroatoms. The molecule has 0 bridgehead atoms. The van der Waals surface area contributed by atoms with Gasteiger partial charge in [0, 0.05) is 19.1 Å². The van der Waals surface area contributed by atoms with Gasteiger partial charge in [-0.3, -0.25) is 0 Å². The molecule has 2 aliphatic heterocycles. The number of fused-ring (bicyclic) bond motifs is 5. The van der Waals surface area contributed by atoms with E-state index in [0.717, 1.165) is 64.5 Å². The van der Waals surface area contributed by atoms with E-state index in [2.05, 4.69) is 32.6 Å². The Labute approximate surface area is 262 Å². The van der Waals surface area contributed by atoms with Gasteiger partial charge >= 0.3 is 6.09 Å². The summed E-state index contributed by atoms with van der Waals surface area (Å²) in [5.74, 6) is 3.71. The van der Waals surface area contributed by atoms with Gasteiger partial charge in [0.2, 0.25) is 0 Å². The Morgan fingerprint density at radius 2 is 1.58 bits per heavy atom. The first-order valence-electron chi connectivity index (χ1n) is 18.7. The molecule has 2 N–H and O–H groups in total. The lowest BCUT2D eigenvalue weighted by atomic mass is 9.41. The van der Waals surface area contributed by atoms with Gasteiger partial charge in [-0.25, -0.2) is 4.79 Å². The monoisotopic (exact) mass is 600 g/mol. The zero-order valence-corrected chi connectivity index (χ0v) is 28.0. The molecule has 4 saturated carbocycles. The third kappa shape index (κ3) is 5.93. The van der Waals surface area contributed by atoms with Crippen molar-refractivity contribution in [3.8, 4) is 0 Å². The molecule has 6 rings (SSSR count). The molecule has 0 spiro atoms. The summed E-state index contributed by atoms with van der Waals surface area (Å²) >= 11 is 0. The number of hydrogen-bond donors (Lipinski definition) is 2. The van der Waals surface area contributed by atoms with Gasteiger partial charge in [-0.1, -0.05) is 40.5 Å². The molecule has 0 aromatic heterocycles. The number of rotatable bonds is 7. The molecule has 2 heterocycles. The van der Waals surface area contributed by atoms with Crippen LogP contribution in [-0.2, 0) is 4.74 Å². The molecule has 6 fully saturated rings. The van der Waals surface area contributed by atoms with Gasteiger partial charge in [0.1, 0.15) is 0 Å². The summed E-state index contributed by atoms with van der Waals surface area (Å²) in [7, 11) is 0. The van der Waals surface area contributed by atoms with Gasteiger partial charge in [0.25, 0.3) is 0 Å². The zero-order valence-electron chi connectivity index (χ0n) is 28.0. The first kappa shape index (κ1) is 32.1. The topological polar surface area (TPSA) is 73.2 Å². The van der Waals surface area contributed by atoms with Gasteiger partial charge in [-0.15, -0.1) is 0 Å². The van der Waals surface area contributed by atoms with E-state index in [-0.39, 0.29) is 23.7 Å². The molecule has 43 heavy (non-hydrogen) atoms. The first-order chi connectivity index (χ1) is 20.7. The Morgan fingerprint density at radius 1 is 0.884 bits per heavy atom. The van der Waals surface area contributed by atoms with Crippen LogP contribution in [0.2, 0.25) is 0 Å². The summed E-state index contributed by atoms with van der Waals surface area (Å²) < 4.78 is 5.81. The van der Waals surface area contributed by atoms with Crippen molar-refractivity contribution in [2.24, 2.45) is 52.3 Å². The third-order valence-corrected chi connectivity index (χ3v) is 14.8. The summed E-state index contributed by atoms with van der Waals surface area (Å²) in [4.78, 5) is 17.4. The van der Waals surface area contributed by atoms with Gasteiger partial charge in [-0.2, -0.15) is 0 Å². The van der Waals surface area contributed by atoms with Crippen molar-refractivity contribution in [2.75, 3.05) is 32.8 Å². The fraction of sp³-hybridized carbons (Fsp3) is 0.973. The summed E-state index contributed by atoms with van der Waals surface area (Å²) in [6.07, 6.45) is 16.8. The Bertz CT molecular complexity index is 947. The number of aliphatic hydroxyl groups excluding tert-OH is 2. The zero-order chi connectivity index (χ0) is 30.4. The quantitative estimate of drug-likeness (QED) is 0.305. The van der Waals surface area contributed by atoms with E-state index in [4.69, 9.17) is 4.74 Å². The fourth-order valence-electron chi connectivity index (χ4n) is 12.5. The Balaban J connectivity index is 0.996. The summed E-state index contributed by atoms with van der Waals surface area (Å²) in [6, 6.07) is 0.652. The maximum atomic E-state index is 12.8. The van der Waals surface area contributed by atoms with Gasteiger partial charge in [0.05, 0.1) is 18.8 Å². The fourth-order valence-corrected chi connectivity index (χ4v) is 12.5. The maximum Gasteiger partial charge on any atom is 0.409 e. The highest BCUT2D eigenvalue weighted by molar-refractivity contribution is 5.67. The van der Waals surface area contributed by atoms with Crippen molar-refractivity contribution in [1.82, 2.24) is 9.80 Å². The van der Waals surface area contributed by atoms with E-state index in [9.17, 15) is 15.0 Å². The van der Waals surface area contributed by atoms with Crippen LogP contribution in [0.1, 0.15) is 124 Å². The third-order valence-electron chi connectivity index (χ3n) is 14.8. The molecule has 246 valence electrons.